The maximum absolute atomic E-state index is 10.6. The van der Waals surface area contributed by atoms with E-state index < -0.39 is 0 Å². The lowest BCUT2D eigenvalue weighted by atomic mass is 10.1. The summed E-state index contributed by atoms with van der Waals surface area (Å²) in [7, 11) is 1.96. The van der Waals surface area contributed by atoms with Gasteiger partial charge in [0.25, 0.3) is 5.69 Å². The lowest BCUT2D eigenvalue weighted by Gasteiger charge is -2.03. The van der Waals surface area contributed by atoms with E-state index in [0.717, 1.165) is 11.3 Å². The van der Waals surface area contributed by atoms with Crippen molar-refractivity contribution in [2.24, 2.45) is 7.05 Å². The molecule has 0 amide bonds. The van der Waals surface area contributed by atoms with Crippen LogP contribution in [0, 0.1) is 10.1 Å². The Balaban J connectivity index is 2.25. The van der Waals surface area contributed by atoms with E-state index in [-0.39, 0.29) is 10.6 Å². The van der Waals surface area contributed by atoms with Gasteiger partial charge in [-0.05, 0) is 17.7 Å². The Morgan fingerprint density at radius 3 is 2.75 bits per heavy atom. The summed E-state index contributed by atoms with van der Waals surface area (Å²) in [6, 6.07) is 10.7. The molecule has 1 aromatic heterocycles. The molecule has 0 aliphatic heterocycles. The average Bonchev–Trinajstić information content (AvgIpc) is 2.65. The molecule has 0 fully saturated rings. The molecule has 0 saturated heterocycles. The van der Waals surface area contributed by atoms with Crippen molar-refractivity contribution in [2.75, 3.05) is 0 Å². The molecule has 0 radical (unpaired) electrons. The number of aromatic nitrogens is 1. The van der Waals surface area contributed by atoms with Crippen molar-refractivity contribution in [3.63, 3.8) is 0 Å². The van der Waals surface area contributed by atoms with E-state index in [1.807, 2.05) is 36.0 Å². The highest BCUT2D eigenvalue weighted by molar-refractivity contribution is 5.36. The summed E-state index contributed by atoms with van der Waals surface area (Å²) in [4.78, 5) is 10.3. The van der Waals surface area contributed by atoms with Crippen molar-refractivity contribution in [3.05, 3.63) is 64.0 Å². The Hall–Kier alpha value is -2.10. The topological polar surface area (TPSA) is 48.1 Å². The molecule has 0 aliphatic carbocycles. The number of nitrogens with zero attached hydrogens (tertiary/aromatic N) is 2. The lowest BCUT2D eigenvalue weighted by molar-refractivity contribution is -0.384. The smallest absolute Gasteiger partial charge is 0.269 e. The number of hydrogen-bond donors (Lipinski definition) is 0. The number of nitro benzene ring substituents is 1. The molecule has 4 heteroatoms. The zero-order valence-electron chi connectivity index (χ0n) is 8.96. The highest BCUT2D eigenvalue weighted by Gasteiger charge is 2.06. The van der Waals surface area contributed by atoms with Crippen molar-refractivity contribution >= 4 is 5.69 Å². The molecular weight excluding hydrogens is 204 g/mol. The fraction of sp³-hybridized carbons (Fsp3) is 0.167. The van der Waals surface area contributed by atoms with Crippen molar-refractivity contribution in [2.45, 2.75) is 6.42 Å². The number of nitro groups is 1. The molecule has 0 unspecified atom stereocenters. The van der Waals surface area contributed by atoms with E-state index in [9.17, 15) is 10.1 Å². The van der Waals surface area contributed by atoms with Gasteiger partial charge in [0, 0.05) is 37.5 Å². The van der Waals surface area contributed by atoms with Gasteiger partial charge in [0.05, 0.1) is 4.92 Å². The molecule has 0 atom stereocenters. The fourth-order valence-corrected chi connectivity index (χ4v) is 1.67. The zero-order chi connectivity index (χ0) is 11.5. The summed E-state index contributed by atoms with van der Waals surface area (Å²) in [6.45, 7) is 0. The Bertz CT molecular complexity index is 517. The van der Waals surface area contributed by atoms with Crippen LogP contribution < -0.4 is 0 Å². The summed E-state index contributed by atoms with van der Waals surface area (Å²) in [5.41, 5.74) is 2.24. The third-order valence-electron chi connectivity index (χ3n) is 2.56. The molecule has 0 saturated carbocycles. The fourth-order valence-electron chi connectivity index (χ4n) is 1.67. The van der Waals surface area contributed by atoms with Crippen LogP contribution in [0.1, 0.15) is 11.3 Å². The summed E-state index contributed by atoms with van der Waals surface area (Å²) < 4.78 is 2.01. The van der Waals surface area contributed by atoms with Gasteiger partial charge in [-0.25, -0.2) is 0 Å². The molecule has 0 spiro atoms. The molecule has 4 nitrogen and oxygen atoms in total. The second kappa shape index (κ2) is 4.18. The van der Waals surface area contributed by atoms with E-state index in [4.69, 9.17) is 0 Å². The van der Waals surface area contributed by atoms with Crippen LogP contribution in [0.5, 0.6) is 0 Å². The van der Waals surface area contributed by atoms with Gasteiger partial charge in [-0.3, -0.25) is 10.1 Å². The van der Waals surface area contributed by atoms with Crippen molar-refractivity contribution in [1.29, 1.82) is 0 Å². The summed E-state index contributed by atoms with van der Waals surface area (Å²) >= 11 is 0. The standard InChI is InChI=1S/C12H12N2O2/c1-13-7-3-6-11(13)8-10-4-2-5-12(9-10)14(15)16/h2-7,9H,8H2,1H3. The Kier molecular flexibility index (Phi) is 2.72. The third kappa shape index (κ3) is 2.11. The quantitative estimate of drug-likeness (QED) is 0.584. The molecule has 1 aromatic carbocycles. The van der Waals surface area contributed by atoms with E-state index in [2.05, 4.69) is 0 Å². The van der Waals surface area contributed by atoms with Crippen LogP contribution >= 0.6 is 0 Å². The molecule has 2 rings (SSSR count). The minimum atomic E-state index is -0.367. The van der Waals surface area contributed by atoms with Crippen LogP contribution in [-0.2, 0) is 13.5 Å². The van der Waals surface area contributed by atoms with Gasteiger partial charge >= 0.3 is 0 Å². The second-order valence-corrected chi connectivity index (χ2v) is 3.71. The molecule has 16 heavy (non-hydrogen) atoms. The number of aryl methyl sites for hydroxylation is 1. The van der Waals surface area contributed by atoms with Crippen LogP contribution in [0.2, 0.25) is 0 Å². The first-order valence-electron chi connectivity index (χ1n) is 5.00. The molecule has 0 N–H and O–H groups in total. The van der Waals surface area contributed by atoms with Gasteiger partial charge in [0.1, 0.15) is 0 Å². The second-order valence-electron chi connectivity index (χ2n) is 3.71. The van der Waals surface area contributed by atoms with E-state index >= 15 is 0 Å². The SMILES string of the molecule is Cn1cccc1Cc1cccc([N+](=O)[O-])c1. The van der Waals surface area contributed by atoms with Crippen LogP contribution in [0.25, 0.3) is 0 Å². The molecule has 0 aliphatic rings. The van der Waals surface area contributed by atoms with Gasteiger partial charge < -0.3 is 4.57 Å². The van der Waals surface area contributed by atoms with Crippen molar-refractivity contribution in [3.8, 4) is 0 Å². The summed E-state index contributed by atoms with van der Waals surface area (Å²) in [5.74, 6) is 0. The molecule has 0 bridgehead atoms. The maximum atomic E-state index is 10.6. The van der Waals surface area contributed by atoms with Gasteiger partial charge in [0.15, 0.2) is 0 Å². The Morgan fingerprint density at radius 1 is 1.31 bits per heavy atom. The predicted molar refractivity (Wildman–Crippen MR) is 61.3 cm³/mol. The Labute approximate surface area is 93.3 Å². The number of hydrogen-bond acceptors (Lipinski definition) is 2. The highest BCUT2D eigenvalue weighted by Crippen LogP contribution is 2.16. The largest absolute Gasteiger partial charge is 0.354 e. The van der Waals surface area contributed by atoms with Gasteiger partial charge in [-0.2, -0.15) is 0 Å². The minimum Gasteiger partial charge on any atom is -0.354 e. The van der Waals surface area contributed by atoms with Crippen molar-refractivity contribution < 1.29 is 4.92 Å². The van der Waals surface area contributed by atoms with Gasteiger partial charge in [-0.15, -0.1) is 0 Å². The van der Waals surface area contributed by atoms with Crippen LogP contribution in [0.4, 0.5) is 5.69 Å². The highest BCUT2D eigenvalue weighted by atomic mass is 16.6. The number of non-ortho nitro benzene ring substituents is 1. The average molecular weight is 216 g/mol. The first-order chi connectivity index (χ1) is 7.66. The third-order valence-corrected chi connectivity index (χ3v) is 2.56. The normalized spacial score (nSPS) is 10.3. The molecular formula is C12H12N2O2. The van der Waals surface area contributed by atoms with Gasteiger partial charge in [0.2, 0.25) is 0 Å². The summed E-state index contributed by atoms with van der Waals surface area (Å²) in [5, 5.41) is 10.6. The van der Waals surface area contributed by atoms with Crippen LogP contribution in [0.3, 0.4) is 0 Å². The van der Waals surface area contributed by atoms with E-state index in [0.29, 0.717) is 6.42 Å². The monoisotopic (exact) mass is 216 g/mol. The van der Waals surface area contributed by atoms with Crippen LogP contribution in [0.15, 0.2) is 42.6 Å². The molecule has 82 valence electrons. The maximum Gasteiger partial charge on any atom is 0.269 e. The number of benzene rings is 1. The lowest BCUT2D eigenvalue weighted by Crippen LogP contribution is -1.97. The predicted octanol–water partition coefficient (Wildman–Crippen LogP) is 2.52. The first-order valence-corrected chi connectivity index (χ1v) is 5.00. The minimum absolute atomic E-state index is 0.145. The van der Waals surface area contributed by atoms with Gasteiger partial charge in [-0.1, -0.05) is 12.1 Å². The number of rotatable bonds is 3. The van der Waals surface area contributed by atoms with E-state index in [1.54, 1.807) is 12.1 Å². The van der Waals surface area contributed by atoms with E-state index in [1.165, 1.54) is 6.07 Å². The van der Waals surface area contributed by atoms with Crippen molar-refractivity contribution in [1.82, 2.24) is 4.57 Å². The zero-order valence-corrected chi connectivity index (χ0v) is 8.96. The summed E-state index contributed by atoms with van der Waals surface area (Å²) in [6.07, 6.45) is 2.68. The molecule has 2 aromatic rings. The first kappa shape index (κ1) is 10.4. The van der Waals surface area contributed by atoms with Crippen LogP contribution in [-0.4, -0.2) is 9.49 Å². The Morgan fingerprint density at radius 2 is 2.12 bits per heavy atom. The molecule has 1 heterocycles.